The molecule has 1 atom stereocenters. The van der Waals surface area contributed by atoms with Gasteiger partial charge in [0.15, 0.2) is 0 Å². The molecule has 0 radical (unpaired) electrons. The van der Waals surface area contributed by atoms with E-state index >= 15 is 0 Å². The van der Waals surface area contributed by atoms with Gasteiger partial charge in [-0.3, -0.25) is 9.59 Å². The van der Waals surface area contributed by atoms with E-state index in [2.05, 4.69) is 16.2 Å². The number of nitrogens with one attached hydrogen (secondary N) is 1. The number of anilines is 1. The molecule has 1 aromatic rings. The molecule has 1 unspecified atom stereocenters. The number of carboxylic acids is 1. The number of nitrogens with zero attached hydrogens (tertiary/aromatic N) is 2. The topological polar surface area (TPSA) is 82.5 Å². The van der Waals surface area contributed by atoms with Gasteiger partial charge in [0.2, 0.25) is 0 Å². The fourth-order valence-electron chi connectivity index (χ4n) is 2.11. The van der Waals surface area contributed by atoms with E-state index in [0.717, 1.165) is 0 Å². The van der Waals surface area contributed by atoms with E-state index in [9.17, 15) is 9.59 Å². The van der Waals surface area contributed by atoms with Crippen molar-refractivity contribution in [3.8, 4) is 12.3 Å². The van der Waals surface area contributed by atoms with Crippen LogP contribution < -0.4 is 10.2 Å². The zero-order valence-electron chi connectivity index (χ0n) is 10.9. The molecular formula is C14H15N3O3. The highest BCUT2D eigenvalue weighted by molar-refractivity contribution is 5.94. The summed E-state index contributed by atoms with van der Waals surface area (Å²) in [7, 11) is 0. The molecule has 1 fully saturated rings. The van der Waals surface area contributed by atoms with Crippen molar-refractivity contribution < 1.29 is 14.7 Å². The number of carbonyl (C=O) groups excluding carboxylic acids is 1. The molecule has 1 amide bonds. The van der Waals surface area contributed by atoms with E-state index in [0.29, 0.717) is 30.9 Å². The van der Waals surface area contributed by atoms with Crippen LogP contribution in [0.3, 0.4) is 0 Å². The summed E-state index contributed by atoms with van der Waals surface area (Å²) in [6.07, 6.45) is 7.14. The molecule has 1 aromatic heterocycles. The third-order valence-corrected chi connectivity index (χ3v) is 3.22. The highest BCUT2D eigenvalue weighted by Gasteiger charge is 2.28. The van der Waals surface area contributed by atoms with Crippen molar-refractivity contribution in [1.29, 1.82) is 0 Å². The van der Waals surface area contributed by atoms with Crippen molar-refractivity contribution >= 4 is 17.7 Å². The van der Waals surface area contributed by atoms with Crippen LogP contribution in [0.1, 0.15) is 16.8 Å². The summed E-state index contributed by atoms with van der Waals surface area (Å²) in [5, 5.41) is 11.5. The lowest BCUT2D eigenvalue weighted by Gasteiger charge is -2.16. The van der Waals surface area contributed by atoms with Crippen LogP contribution in [0.2, 0.25) is 0 Å². The average molecular weight is 273 g/mol. The van der Waals surface area contributed by atoms with Gasteiger partial charge in [0, 0.05) is 19.3 Å². The Hall–Kier alpha value is -2.55. The third kappa shape index (κ3) is 3.06. The molecule has 20 heavy (non-hydrogen) atoms. The molecule has 0 bridgehead atoms. The van der Waals surface area contributed by atoms with Crippen LogP contribution in [-0.2, 0) is 4.79 Å². The molecule has 0 aromatic carbocycles. The molecule has 1 aliphatic heterocycles. The monoisotopic (exact) mass is 273 g/mol. The zero-order valence-corrected chi connectivity index (χ0v) is 10.9. The Labute approximate surface area is 116 Å². The predicted molar refractivity (Wildman–Crippen MR) is 73.4 cm³/mol. The lowest BCUT2D eigenvalue weighted by molar-refractivity contribution is -0.140. The van der Waals surface area contributed by atoms with Crippen LogP contribution in [-0.4, -0.2) is 41.6 Å². The van der Waals surface area contributed by atoms with E-state index in [4.69, 9.17) is 11.5 Å². The Kier molecular flexibility index (Phi) is 4.20. The van der Waals surface area contributed by atoms with Crippen LogP contribution in [0.4, 0.5) is 5.82 Å². The van der Waals surface area contributed by atoms with Crippen molar-refractivity contribution in [2.75, 3.05) is 24.5 Å². The van der Waals surface area contributed by atoms with Gasteiger partial charge in [-0.15, -0.1) is 6.42 Å². The molecular weight excluding hydrogens is 258 g/mol. The number of carbonyl (C=O) groups is 2. The van der Waals surface area contributed by atoms with E-state index in [1.165, 1.54) is 6.20 Å². The first-order valence-electron chi connectivity index (χ1n) is 6.27. The molecule has 0 spiro atoms. The van der Waals surface area contributed by atoms with Gasteiger partial charge in [0.05, 0.1) is 18.0 Å². The Bertz CT molecular complexity index is 548. The summed E-state index contributed by atoms with van der Waals surface area (Å²) in [6, 6.07) is 3.37. The minimum atomic E-state index is -0.780. The first-order chi connectivity index (χ1) is 9.61. The molecule has 2 rings (SSSR count). The van der Waals surface area contributed by atoms with Crippen molar-refractivity contribution in [1.82, 2.24) is 10.3 Å². The van der Waals surface area contributed by atoms with Crippen LogP contribution in [0.5, 0.6) is 0 Å². The Morgan fingerprint density at radius 2 is 2.35 bits per heavy atom. The van der Waals surface area contributed by atoms with Gasteiger partial charge in [-0.25, -0.2) is 4.98 Å². The largest absolute Gasteiger partial charge is 0.481 e. The SMILES string of the molecule is C#CCNC(=O)c1ccc(N2CCC(C(=O)O)C2)nc1. The Morgan fingerprint density at radius 3 is 2.90 bits per heavy atom. The fraction of sp³-hybridized carbons (Fsp3) is 0.357. The molecule has 0 aliphatic carbocycles. The maximum absolute atomic E-state index is 11.6. The lowest BCUT2D eigenvalue weighted by Crippen LogP contribution is -2.25. The Balaban J connectivity index is 2.00. The van der Waals surface area contributed by atoms with Gasteiger partial charge >= 0.3 is 5.97 Å². The van der Waals surface area contributed by atoms with E-state index in [1.54, 1.807) is 12.1 Å². The van der Waals surface area contributed by atoms with Crippen LogP contribution in [0.15, 0.2) is 18.3 Å². The second-order valence-corrected chi connectivity index (χ2v) is 4.56. The normalized spacial score (nSPS) is 17.6. The molecule has 6 heteroatoms. The van der Waals surface area contributed by atoms with Crippen LogP contribution in [0, 0.1) is 18.3 Å². The summed E-state index contributed by atoms with van der Waals surface area (Å²) >= 11 is 0. The molecule has 1 aliphatic rings. The molecule has 1 saturated heterocycles. The summed E-state index contributed by atoms with van der Waals surface area (Å²) in [5.41, 5.74) is 0.429. The highest BCUT2D eigenvalue weighted by Crippen LogP contribution is 2.22. The first kappa shape index (κ1) is 13.9. The average Bonchev–Trinajstić information content (AvgIpc) is 2.95. The van der Waals surface area contributed by atoms with E-state index < -0.39 is 5.97 Å². The number of aromatic nitrogens is 1. The lowest BCUT2D eigenvalue weighted by atomic mass is 10.1. The number of terminal acetylenes is 1. The quantitative estimate of drug-likeness (QED) is 0.774. The van der Waals surface area contributed by atoms with Crippen molar-refractivity contribution in [3.63, 3.8) is 0 Å². The smallest absolute Gasteiger partial charge is 0.308 e. The van der Waals surface area contributed by atoms with Crippen LogP contribution >= 0.6 is 0 Å². The Morgan fingerprint density at radius 1 is 1.55 bits per heavy atom. The highest BCUT2D eigenvalue weighted by atomic mass is 16.4. The van der Waals surface area contributed by atoms with Gasteiger partial charge in [0.1, 0.15) is 5.82 Å². The number of pyridine rings is 1. The number of carboxylic acid groups (broad SMARTS) is 1. The molecule has 104 valence electrons. The number of aliphatic carboxylic acids is 1. The van der Waals surface area contributed by atoms with Gasteiger partial charge in [-0.05, 0) is 18.6 Å². The predicted octanol–water partition coefficient (Wildman–Crippen LogP) is 0.355. The molecule has 2 N–H and O–H groups in total. The minimum Gasteiger partial charge on any atom is -0.481 e. The molecule has 0 saturated carbocycles. The van der Waals surface area contributed by atoms with E-state index in [-0.39, 0.29) is 18.4 Å². The summed E-state index contributed by atoms with van der Waals surface area (Å²) in [6.45, 7) is 1.28. The number of hydrogen-bond donors (Lipinski definition) is 2. The van der Waals surface area contributed by atoms with Gasteiger partial charge in [-0.2, -0.15) is 0 Å². The van der Waals surface area contributed by atoms with Gasteiger partial charge in [-0.1, -0.05) is 5.92 Å². The first-order valence-corrected chi connectivity index (χ1v) is 6.27. The number of amides is 1. The van der Waals surface area contributed by atoms with Crippen molar-refractivity contribution in [2.45, 2.75) is 6.42 Å². The van der Waals surface area contributed by atoms with Crippen molar-refractivity contribution in [2.24, 2.45) is 5.92 Å². The third-order valence-electron chi connectivity index (χ3n) is 3.22. The second kappa shape index (κ2) is 6.06. The van der Waals surface area contributed by atoms with E-state index in [1.807, 2.05) is 4.90 Å². The zero-order chi connectivity index (χ0) is 14.5. The second-order valence-electron chi connectivity index (χ2n) is 4.56. The fourth-order valence-corrected chi connectivity index (χ4v) is 2.11. The maximum atomic E-state index is 11.6. The van der Waals surface area contributed by atoms with Crippen LogP contribution in [0.25, 0.3) is 0 Å². The molecule has 6 nitrogen and oxygen atoms in total. The maximum Gasteiger partial charge on any atom is 0.308 e. The molecule has 2 heterocycles. The summed E-state index contributed by atoms with van der Waals surface area (Å²) < 4.78 is 0. The summed E-state index contributed by atoms with van der Waals surface area (Å²) in [5.74, 6) is 1.60. The summed E-state index contributed by atoms with van der Waals surface area (Å²) in [4.78, 5) is 28.7. The van der Waals surface area contributed by atoms with Gasteiger partial charge in [0.25, 0.3) is 5.91 Å². The van der Waals surface area contributed by atoms with Crippen molar-refractivity contribution in [3.05, 3.63) is 23.9 Å². The number of hydrogen-bond acceptors (Lipinski definition) is 4. The standard InChI is InChI=1S/C14H15N3O3/c1-2-6-15-13(18)10-3-4-12(16-8-10)17-7-5-11(9-17)14(19)20/h1,3-4,8,11H,5-7,9H2,(H,15,18)(H,19,20). The number of rotatable bonds is 4. The minimum absolute atomic E-state index is 0.174. The van der Waals surface area contributed by atoms with Gasteiger partial charge < -0.3 is 15.3 Å².